The van der Waals surface area contributed by atoms with Crippen LogP contribution < -0.4 is 0 Å². The highest BCUT2D eigenvalue weighted by Gasteiger charge is 2.21. The first-order valence-corrected chi connectivity index (χ1v) is 7.16. The average Bonchev–Trinajstić information content (AvgIpc) is 2.97. The summed E-state index contributed by atoms with van der Waals surface area (Å²) in [6, 6.07) is 15.6. The normalized spacial score (nSPS) is 12.3. The van der Waals surface area contributed by atoms with Crippen LogP contribution in [0.25, 0.3) is 5.52 Å². The standard InChI is InChI=1S/C18H17FN2O/c1-13(14-6-8-15(19)9-7-14)20(2)18(22)17-11-10-16-5-3-4-12-21(16)17/h3-13H,1-2H3. The second kappa shape index (κ2) is 5.64. The molecule has 2 heterocycles. The summed E-state index contributed by atoms with van der Waals surface area (Å²) in [6.45, 7) is 1.93. The van der Waals surface area contributed by atoms with Gasteiger partial charge in [-0.3, -0.25) is 4.79 Å². The van der Waals surface area contributed by atoms with E-state index in [0.717, 1.165) is 11.1 Å². The molecular formula is C18H17FN2O. The molecule has 2 aromatic heterocycles. The van der Waals surface area contributed by atoms with E-state index in [2.05, 4.69) is 0 Å². The molecular weight excluding hydrogens is 279 g/mol. The van der Waals surface area contributed by atoms with Gasteiger partial charge in [-0.1, -0.05) is 18.2 Å². The molecule has 1 atom stereocenters. The third-order valence-corrected chi connectivity index (χ3v) is 4.04. The quantitative estimate of drug-likeness (QED) is 0.719. The summed E-state index contributed by atoms with van der Waals surface area (Å²) in [5.74, 6) is -0.342. The van der Waals surface area contributed by atoms with E-state index in [1.807, 2.05) is 47.9 Å². The average molecular weight is 296 g/mol. The Morgan fingerprint density at radius 1 is 1.09 bits per heavy atom. The lowest BCUT2D eigenvalue weighted by Gasteiger charge is -2.25. The van der Waals surface area contributed by atoms with Crippen LogP contribution in [-0.2, 0) is 0 Å². The molecule has 3 nitrogen and oxygen atoms in total. The number of halogens is 1. The van der Waals surface area contributed by atoms with E-state index in [-0.39, 0.29) is 17.8 Å². The van der Waals surface area contributed by atoms with Crippen LogP contribution in [-0.4, -0.2) is 22.3 Å². The van der Waals surface area contributed by atoms with Crippen LogP contribution in [0.3, 0.4) is 0 Å². The maximum atomic E-state index is 13.0. The zero-order valence-electron chi connectivity index (χ0n) is 12.5. The van der Waals surface area contributed by atoms with Crippen molar-refractivity contribution in [3.05, 3.63) is 77.9 Å². The van der Waals surface area contributed by atoms with Gasteiger partial charge in [-0.25, -0.2) is 4.39 Å². The zero-order chi connectivity index (χ0) is 15.7. The van der Waals surface area contributed by atoms with E-state index in [0.29, 0.717) is 5.69 Å². The van der Waals surface area contributed by atoms with Gasteiger partial charge in [0.1, 0.15) is 11.5 Å². The summed E-state index contributed by atoms with van der Waals surface area (Å²) >= 11 is 0. The van der Waals surface area contributed by atoms with Crippen LogP contribution in [0.15, 0.2) is 60.8 Å². The van der Waals surface area contributed by atoms with Crippen molar-refractivity contribution in [2.24, 2.45) is 0 Å². The van der Waals surface area contributed by atoms with E-state index in [9.17, 15) is 9.18 Å². The Morgan fingerprint density at radius 2 is 1.82 bits per heavy atom. The van der Waals surface area contributed by atoms with Gasteiger partial charge in [0.15, 0.2) is 0 Å². The highest BCUT2D eigenvalue weighted by molar-refractivity contribution is 5.94. The third kappa shape index (κ3) is 2.48. The maximum absolute atomic E-state index is 13.0. The summed E-state index contributed by atoms with van der Waals surface area (Å²) < 4.78 is 14.9. The molecule has 0 aliphatic heterocycles. The van der Waals surface area contributed by atoms with Crippen molar-refractivity contribution in [2.45, 2.75) is 13.0 Å². The van der Waals surface area contributed by atoms with Gasteiger partial charge in [-0.05, 0) is 48.9 Å². The largest absolute Gasteiger partial charge is 0.334 e. The molecule has 4 heteroatoms. The Morgan fingerprint density at radius 3 is 2.55 bits per heavy atom. The molecule has 0 spiro atoms. The lowest BCUT2D eigenvalue weighted by molar-refractivity contribution is 0.0736. The van der Waals surface area contributed by atoms with Crippen molar-refractivity contribution in [1.29, 1.82) is 0 Å². The van der Waals surface area contributed by atoms with E-state index in [1.165, 1.54) is 12.1 Å². The minimum Gasteiger partial charge on any atom is -0.334 e. The van der Waals surface area contributed by atoms with Crippen LogP contribution >= 0.6 is 0 Å². The first-order valence-electron chi connectivity index (χ1n) is 7.16. The van der Waals surface area contributed by atoms with Crippen molar-refractivity contribution in [2.75, 3.05) is 7.05 Å². The van der Waals surface area contributed by atoms with E-state index in [1.54, 1.807) is 24.1 Å². The van der Waals surface area contributed by atoms with Crippen molar-refractivity contribution in [3.63, 3.8) is 0 Å². The summed E-state index contributed by atoms with van der Waals surface area (Å²) in [7, 11) is 1.76. The van der Waals surface area contributed by atoms with E-state index >= 15 is 0 Å². The number of benzene rings is 1. The summed E-state index contributed by atoms with van der Waals surface area (Å²) in [6.07, 6.45) is 1.87. The SMILES string of the molecule is CC(c1ccc(F)cc1)N(C)C(=O)c1ccc2ccccn12. The molecule has 0 fully saturated rings. The van der Waals surface area contributed by atoms with Crippen LogP contribution in [0.2, 0.25) is 0 Å². The Labute approximate surface area is 128 Å². The monoisotopic (exact) mass is 296 g/mol. The first-order chi connectivity index (χ1) is 10.6. The van der Waals surface area contributed by atoms with Crippen molar-refractivity contribution < 1.29 is 9.18 Å². The summed E-state index contributed by atoms with van der Waals surface area (Å²) in [5, 5.41) is 0. The number of pyridine rings is 1. The number of amides is 1. The lowest BCUT2D eigenvalue weighted by Crippen LogP contribution is -2.30. The fourth-order valence-electron chi connectivity index (χ4n) is 2.55. The number of rotatable bonds is 3. The number of hydrogen-bond donors (Lipinski definition) is 0. The first kappa shape index (κ1) is 14.3. The topological polar surface area (TPSA) is 24.7 Å². The van der Waals surface area contributed by atoms with Crippen molar-refractivity contribution in [1.82, 2.24) is 9.30 Å². The molecule has 3 rings (SSSR count). The molecule has 112 valence electrons. The lowest BCUT2D eigenvalue weighted by atomic mass is 10.1. The van der Waals surface area contributed by atoms with Gasteiger partial charge < -0.3 is 9.30 Å². The third-order valence-electron chi connectivity index (χ3n) is 4.04. The molecule has 1 unspecified atom stereocenters. The molecule has 0 aliphatic rings. The molecule has 0 radical (unpaired) electrons. The minimum absolute atomic E-state index is 0.0666. The zero-order valence-corrected chi connectivity index (χ0v) is 12.5. The number of carbonyl (C=O) groups is 1. The van der Waals surface area contributed by atoms with Gasteiger partial charge in [0.05, 0.1) is 6.04 Å². The number of nitrogens with zero attached hydrogens (tertiary/aromatic N) is 2. The Kier molecular flexibility index (Phi) is 3.67. The molecule has 1 aromatic carbocycles. The molecule has 0 saturated heterocycles. The second-order valence-electron chi connectivity index (χ2n) is 5.36. The van der Waals surface area contributed by atoms with Gasteiger partial charge in [0.2, 0.25) is 0 Å². The number of aromatic nitrogens is 1. The summed E-state index contributed by atoms with van der Waals surface area (Å²) in [4.78, 5) is 14.4. The molecule has 22 heavy (non-hydrogen) atoms. The van der Waals surface area contributed by atoms with Crippen LogP contribution in [0.4, 0.5) is 4.39 Å². The molecule has 0 saturated carbocycles. The molecule has 0 aliphatic carbocycles. The predicted octanol–water partition coefficient (Wildman–Crippen LogP) is 3.91. The van der Waals surface area contributed by atoms with Gasteiger partial charge in [-0.15, -0.1) is 0 Å². The minimum atomic E-state index is -0.275. The fraction of sp³-hybridized carbons (Fsp3) is 0.167. The van der Waals surface area contributed by atoms with Gasteiger partial charge in [0, 0.05) is 18.8 Å². The highest BCUT2D eigenvalue weighted by Crippen LogP contribution is 2.22. The van der Waals surface area contributed by atoms with Gasteiger partial charge >= 0.3 is 0 Å². The van der Waals surface area contributed by atoms with Gasteiger partial charge in [0.25, 0.3) is 5.91 Å². The smallest absolute Gasteiger partial charge is 0.271 e. The summed E-state index contributed by atoms with van der Waals surface area (Å²) in [5.41, 5.74) is 2.50. The fourth-order valence-corrected chi connectivity index (χ4v) is 2.55. The Hall–Kier alpha value is -2.62. The van der Waals surface area contributed by atoms with Crippen LogP contribution in [0, 0.1) is 5.82 Å². The molecule has 0 N–H and O–H groups in total. The van der Waals surface area contributed by atoms with E-state index < -0.39 is 0 Å². The predicted molar refractivity (Wildman–Crippen MR) is 84.3 cm³/mol. The van der Waals surface area contributed by atoms with Crippen LogP contribution in [0.1, 0.15) is 29.0 Å². The molecule has 3 aromatic rings. The van der Waals surface area contributed by atoms with Gasteiger partial charge in [-0.2, -0.15) is 0 Å². The molecule has 0 bridgehead atoms. The van der Waals surface area contributed by atoms with E-state index in [4.69, 9.17) is 0 Å². The Balaban J connectivity index is 1.89. The highest BCUT2D eigenvalue weighted by atomic mass is 19.1. The second-order valence-corrected chi connectivity index (χ2v) is 5.36. The maximum Gasteiger partial charge on any atom is 0.271 e. The number of fused-ring (bicyclic) bond motifs is 1. The van der Waals surface area contributed by atoms with Crippen LogP contribution in [0.5, 0.6) is 0 Å². The van der Waals surface area contributed by atoms with Crippen molar-refractivity contribution >= 4 is 11.4 Å². The number of hydrogen-bond acceptors (Lipinski definition) is 1. The van der Waals surface area contributed by atoms with Crippen molar-refractivity contribution in [3.8, 4) is 0 Å². The molecule has 1 amide bonds. The Bertz CT molecular complexity index is 807. The number of carbonyl (C=O) groups excluding carboxylic acids is 1.